The third kappa shape index (κ3) is 4.10. The number of aromatic nitrogens is 2. The molecule has 4 rings (SSSR count). The summed E-state index contributed by atoms with van der Waals surface area (Å²) in [7, 11) is 1.30. The highest BCUT2D eigenvalue weighted by Crippen LogP contribution is 2.48. The molecule has 166 valence electrons. The lowest BCUT2D eigenvalue weighted by Gasteiger charge is -2.19. The van der Waals surface area contributed by atoms with Crippen LogP contribution in [0.1, 0.15) is 31.5 Å². The van der Waals surface area contributed by atoms with Crippen LogP contribution < -0.4 is 15.7 Å². The molecule has 3 atom stereocenters. The molecule has 1 aliphatic carbocycles. The molecule has 2 aliphatic rings. The van der Waals surface area contributed by atoms with E-state index in [1.165, 1.54) is 7.11 Å². The van der Waals surface area contributed by atoms with Crippen molar-refractivity contribution in [3.8, 4) is 0 Å². The standard InChI is InChI=1S/C18H19Cl2N5O5S/c1-6-11(19)12(20)14(21-6)16(27)23-13-7-4-25(5-8(7)13)18-22-9(3-10(26)24-30-2)15(31-18)17(28)29/h7-8,13,21H,3-5H2,1-2H3,(H,23,27)(H,24,26)(H,28,29)/t7-,8+,13+. The number of hydrogen-bond donors (Lipinski definition) is 4. The van der Waals surface area contributed by atoms with Crippen LogP contribution in [-0.2, 0) is 16.1 Å². The maximum Gasteiger partial charge on any atom is 0.347 e. The van der Waals surface area contributed by atoms with E-state index in [0.29, 0.717) is 28.9 Å². The van der Waals surface area contributed by atoms with E-state index >= 15 is 0 Å². The molecule has 0 radical (unpaired) electrons. The number of aromatic carboxylic acids is 1. The number of carbonyl (C=O) groups excluding carboxylic acids is 2. The molecule has 2 aromatic heterocycles. The fourth-order valence-corrected chi connectivity index (χ4v) is 5.27. The number of hydrogen-bond acceptors (Lipinski definition) is 7. The van der Waals surface area contributed by atoms with Crippen LogP contribution >= 0.6 is 34.5 Å². The molecule has 4 N–H and O–H groups in total. The summed E-state index contributed by atoms with van der Waals surface area (Å²) in [5.74, 6) is -1.46. The van der Waals surface area contributed by atoms with E-state index in [0.717, 1.165) is 11.3 Å². The van der Waals surface area contributed by atoms with Crippen molar-refractivity contribution in [3.63, 3.8) is 0 Å². The molecule has 3 heterocycles. The molecule has 1 aliphatic heterocycles. The lowest BCUT2D eigenvalue weighted by Crippen LogP contribution is -2.34. The first kappa shape index (κ1) is 21.9. The number of aryl methyl sites for hydroxylation is 1. The van der Waals surface area contributed by atoms with Crippen molar-refractivity contribution in [2.75, 3.05) is 25.1 Å². The number of amides is 2. The Kier molecular flexibility index (Phi) is 5.86. The van der Waals surface area contributed by atoms with Crippen molar-refractivity contribution in [1.82, 2.24) is 20.8 Å². The van der Waals surface area contributed by atoms with Gasteiger partial charge in [-0.15, -0.1) is 0 Å². The predicted octanol–water partition coefficient (Wildman–Crippen LogP) is 1.87. The summed E-state index contributed by atoms with van der Waals surface area (Å²) >= 11 is 13.2. The van der Waals surface area contributed by atoms with Crippen LogP contribution in [0.2, 0.25) is 10.0 Å². The highest BCUT2D eigenvalue weighted by atomic mass is 35.5. The summed E-state index contributed by atoms with van der Waals surface area (Å²) < 4.78 is 0. The predicted molar refractivity (Wildman–Crippen MR) is 114 cm³/mol. The monoisotopic (exact) mass is 487 g/mol. The van der Waals surface area contributed by atoms with Gasteiger partial charge in [-0.2, -0.15) is 0 Å². The summed E-state index contributed by atoms with van der Waals surface area (Å²) in [5.41, 5.74) is 3.23. The van der Waals surface area contributed by atoms with Crippen molar-refractivity contribution in [1.29, 1.82) is 0 Å². The molecule has 1 saturated carbocycles. The second kappa shape index (κ2) is 8.30. The Bertz CT molecular complexity index is 1060. The quantitative estimate of drug-likeness (QED) is 0.437. The maximum absolute atomic E-state index is 12.5. The van der Waals surface area contributed by atoms with Crippen molar-refractivity contribution >= 4 is 57.5 Å². The van der Waals surface area contributed by atoms with Crippen LogP contribution in [0.5, 0.6) is 0 Å². The van der Waals surface area contributed by atoms with Crippen molar-refractivity contribution in [2.24, 2.45) is 11.8 Å². The second-order valence-electron chi connectivity index (χ2n) is 7.47. The number of fused-ring (bicyclic) bond motifs is 1. The molecule has 0 spiro atoms. The topological polar surface area (TPSA) is 137 Å². The van der Waals surface area contributed by atoms with E-state index in [1.54, 1.807) is 6.92 Å². The van der Waals surface area contributed by atoms with Crippen LogP contribution in [-0.4, -0.2) is 59.1 Å². The minimum atomic E-state index is -1.13. The first-order valence-corrected chi connectivity index (χ1v) is 10.9. The number of aromatic amines is 1. The summed E-state index contributed by atoms with van der Waals surface area (Å²) in [5, 5.41) is 13.5. The Hall–Kier alpha value is -2.34. The molecule has 0 unspecified atom stereocenters. The average molecular weight is 488 g/mol. The van der Waals surface area contributed by atoms with E-state index in [-0.39, 0.29) is 51.5 Å². The van der Waals surface area contributed by atoms with Gasteiger partial charge < -0.3 is 20.3 Å². The molecule has 2 fully saturated rings. The zero-order valence-electron chi connectivity index (χ0n) is 16.5. The largest absolute Gasteiger partial charge is 0.477 e. The van der Waals surface area contributed by atoms with E-state index in [2.05, 4.69) is 25.6 Å². The van der Waals surface area contributed by atoms with E-state index in [4.69, 9.17) is 23.2 Å². The van der Waals surface area contributed by atoms with Gasteiger partial charge in [-0.05, 0) is 6.92 Å². The number of nitrogens with zero attached hydrogens (tertiary/aromatic N) is 2. The Morgan fingerprint density at radius 1 is 1.29 bits per heavy atom. The second-order valence-corrected chi connectivity index (χ2v) is 9.20. The van der Waals surface area contributed by atoms with Gasteiger partial charge in [0.15, 0.2) is 5.13 Å². The molecule has 10 nitrogen and oxygen atoms in total. The van der Waals surface area contributed by atoms with Crippen molar-refractivity contribution < 1.29 is 24.3 Å². The number of rotatable bonds is 7. The lowest BCUT2D eigenvalue weighted by atomic mass is 10.2. The average Bonchev–Trinajstić information content (AvgIpc) is 3.09. The molecule has 2 aromatic rings. The number of halogens is 2. The highest BCUT2D eigenvalue weighted by molar-refractivity contribution is 7.17. The van der Waals surface area contributed by atoms with Gasteiger partial charge in [0.1, 0.15) is 10.6 Å². The number of nitrogens with one attached hydrogen (secondary N) is 3. The molecule has 13 heteroatoms. The summed E-state index contributed by atoms with van der Waals surface area (Å²) in [6.45, 7) is 3.00. The van der Waals surface area contributed by atoms with E-state index < -0.39 is 11.9 Å². The van der Waals surface area contributed by atoms with Crippen LogP contribution in [0.15, 0.2) is 0 Å². The molecule has 31 heavy (non-hydrogen) atoms. The normalized spacial score (nSPS) is 21.7. The molecule has 2 amide bonds. The minimum Gasteiger partial charge on any atom is -0.477 e. The van der Waals surface area contributed by atoms with Crippen LogP contribution in [0.3, 0.4) is 0 Å². The number of carboxylic acids is 1. The third-order valence-corrected chi connectivity index (χ3v) is 7.56. The van der Waals surface area contributed by atoms with Gasteiger partial charge in [0, 0.05) is 36.7 Å². The molecule has 0 bridgehead atoms. The Labute approximate surface area is 190 Å². The van der Waals surface area contributed by atoms with Gasteiger partial charge in [-0.3, -0.25) is 14.4 Å². The number of hydroxylamine groups is 1. The van der Waals surface area contributed by atoms with Crippen LogP contribution in [0, 0.1) is 18.8 Å². The summed E-state index contributed by atoms with van der Waals surface area (Å²) in [4.78, 5) is 49.6. The number of carbonyl (C=O) groups is 3. The van der Waals surface area contributed by atoms with Gasteiger partial charge in [-0.25, -0.2) is 15.3 Å². The zero-order valence-corrected chi connectivity index (χ0v) is 18.8. The van der Waals surface area contributed by atoms with E-state index in [1.807, 2.05) is 4.90 Å². The smallest absolute Gasteiger partial charge is 0.347 e. The minimum absolute atomic E-state index is 0.00746. The first-order chi connectivity index (χ1) is 14.7. The molecular weight excluding hydrogens is 469 g/mol. The van der Waals surface area contributed by atoms with E-state index in [9.17, 15) is 19.5 Å². The van der Waals surface area contributed by atoms with Gasteiger partial charge in [0.25, 0.3) is 5.91 Å². The highest BCUT2D eigenvalue weighted by Gasteiger charge is 2.57. The number of piperidine rings is 1. The first-order valence-electron chi connectivity index (χ1n) is 9.35. The molecule has 0 aromatic carbocycles. The van der Waals surface area contributed by atoms with Crippen molar-refractivity contribution in [3.05, 3.63) is 32.0 Å². The number of carboxylic acid groups (broad SMARTS) is 1. The van der Waals surface area contributed by atoms with Gasteiger partial charge >= 0.3 is 5.97 Å². The Morgan fingerprint density at radius 3 is 2.52 bits per heavy atom. The summed E-state index contributed by atoms with van der Waals surface area (Å²) in [6.07, 6.45) is -0.190. The molecular formula is C18H19Cl2N5O5S. The zero-order chi connectivity index (χ0) is 22.4. The van der Waals surface area contributed by atoms with Gasteiger partial charge in [0.05, 0.1) is 29.3 Å². The molecule has 1 saturated heterocycles. The lowest BCUT2D eigenvalue weighted by molar-refractivity contribution is -0.130. The van der Waals surface area contributed by atoms with Crippen LogP contribution in [0.4, 0.5) is 5.13 Å². The number of anilines is 1. The third-order valence-electron chi connectivity index (χ3n) is 5.47. The van der Waals surface area contributed by atoms with Crippen LogP contribution in [0.25, 0.3) is 0 Å². The van der Waals surface area contributed by atoms with Gasteiger partial charge in [-0.1, -0.05) is 34.5 Å². The van der Waals surface area contributed by atoms with Gasteiger partial charge in [0.2, 0.25) is 5.91 Å². The fourth-order valence-electron chi connectivity index (χ4n) is 3.91. The SMILES string of the molecule is CONC(=O)Cc1nc(N2C[C@@H]3[C@H](C2)[C@H]3NC(=O)c2[nH]c(C)c(Cl)c2Cl)sc1C(=O)O. The number of thiazole rings is 1. The Balaban J connectivity index is 1.39. The number of H-pyrrole nitrogens is 1. The summed E-state index contributed by atoms with van der Waals surface area (Å²) in [6, 6.07) is 0.00746. The fraction of sp³-hybridized carbons (Fsp3) is 0.444. The Morgan fingerprint density at radius 2 is 1.97 bits per heavy atom. The maximum atomic E-state index is 12.5. The van der Waals surface area contributed by atoms with Crippen molar-refractivity contribution in [2.45, 2.75) is 19.4 Å².